The first-order valence-corrected chi connectivity index (χ1v) is 9.54. The number of H-pyrrole nitrogens is 1. The van der Waals surface area contributed by atoms with Gasteiger partial charge in [-0.25, -0.2) is 4.98 Å². The molecule has 1 fully saturated rings. The molecule has 146 valence electrons. The lowest BCUT2D eigenvalue weighted by molar-refractivity contribution is 0.0676. The molecule has 2 aromatic rings. The number of carbonyl (C=O) groups excluding carboxylic acids is 1. The van der Waals surface area contributed by atoms with Crippen molar-refractivity contribution in [3.63, 3.8) is 0 Å². The maximum atomic E-state index is 12.7. The van der Waals surface area contributed by atoms with Gasteiger partial charge in [-0.2, -0.15) is 5.10 Å². The number of aromatic nitrogens is 4. The van der Waals surface area contributed by atoms with Crippen molar-refractivity contribution in [2.24, 2.45) is 5.92 Å². The van der Waals surface area contributed by atoms with Gasteiger partial charge in [-0.05, 0) is 38.7 Å². The summed E-state index contributed by atoms with van der Waals surface area (Å²) >= 11 is 0. The van der Waals surface area contributed by atoms with E-state index >= 15 is 0 Å². The summed E-state index contributed by atoms with van der Waals surface area (Å²) in [4.78, 5) is 31.2. The van der Waals surface area contributed by atoms with E-state index in [4.69, 9.17) is 0 Å². The molecular formula is C20H29N5O2. The Morgan fingerprint density at radius 3 is 2.52 bits per heavy atom. The highest BCUT2D eigenvalue weighted by Crippen LogP contribution is 2.23. The summed E-state index contributed by atoms with van der Waals surface area (Å²) in [5.74, 6) is 0.352. The number of carbonyl (C=O) groups is 1. The van der Waals surface area contributed by atoms with Crippen molar-refractivity contribution in [3.05, 3.63) is 45.4 Å². The predicted molar refractivity (Wildman–Crippen MR) is 104 cm³/mol. The van der Waals surface area contributed by atoms with E-state index < -0.39 is 0 Å². The molecule has 1 aliphatic heterocycles. The third kappa shape index (κ3) is 4.12. The molecule has 1 aliphatic rings. The van der Waals surface area contributed by atoms with Gasteiger partial charge in [0, 0.05) is 42.0 Å². The summed E-state index contributed by atoms with van der Waals surface area (Å²) in [5.41, 5.74) is 2.90. The van der Waals surface area contributed by atoms with Crippen molar-refractivity contribution < 1.29 is 4.79 Å². The van der Waals surface area contributed by atoms with Crippen molar-refractivity contribution in [2.75, 3.05) is 13.1 Å². The predicted octanol–water partition coefficient (Wildman–Crippen LogP) is 2.43. The molecule has 0 saturated carbocycles. The highest BCUT2D eigenvalue weighted by Gasteiger charge is 2.27. The Hall–Kier alpha value is -2.44. The van der Waals surface area contributed by atoms with Crippen LogP contribution in [0.4, 0.5) is 0 Å². The molecular weight excluding hydrogens is 342 g/mol. The molecule has 3 rings (SSSR count). The number of nitrogens with one attached hydrogen (secondary N) is 1. The topological polar surface area (TPSA) is 83.9 Å². The van der Waals surface area contributed by atoms with Crippen LogP contribution in [0.1, 0.15) is 61.1 Å². The second-order valence-corrected chi connectivity index (χ2v) is 8.56. The highest BCUT2D eigenvalue weighted by atomic mass is 16.2. The SMILES string of the molecule is Cc1ncn(CC2CCN(C(=O)c3cc(C(C)(C)C)[nH]n3)CC2)c(=O)c1C. The highest BCUT2D eigenvalue weighted by molar-refractivity contribution is 5.92. The Morgan fingerprint density at radius 1 is 1.26 bits per heavy atom. The normalized spacial score (nSPS) is 16.0. The molecule has 7 heteroatoms. The second kappa shape index (κ2) is 7.29. The summed E-state index contributed by atoms with van der Waals surface area (Å²) in [5, 5.41) is 7.18. The lowest BCUT2D eigenvalue weighted by Gasteiger charge is -2.31. The van der Waals surface area contributed by atoms with Crippen molar-refractivity contribution in [3.8, 4) is 0 Å². The Kier molecular flexibility index (Phi) is 5.22. The molecule has 1 N–H and O–H groups in total. The van der Waals surface area contributed by atoms with E-state index in [0.29, 0.717) is 36.8 Å². The maximum absolute atomic E-state index is 12.7. The molecule has 1 saturated heterocycles. The number of amides is 1. The summed E-state index contributed by atoms with van der Waals surface area (Å²) < 4.78 is 1.70. The van der Waals surface area contributed by atoms with Gasteiger partial charge in [0.15, 0.2) is 0 Å². The standard InChI is InChI=1S/C20H29N5O2/c1-13-14(2)21-12-25(18(13)26)11-15-6-8-24(9-7-15)19(27)16-10-17(23-22-16)20(3,4)5/h10,12,15H,6-9,11H2,1-5H3,(H,22,23). The van der Waals surface area contributed by atoms with Crippen LogP contribution in [-0.4, -0.2) is 43.6 Å². The van der Waals surface area contributed by atoms with Gasteiger partial charge < -0.3 is 4.90 Å². The van der Waals surface area contributed by atoms with E-state index in [1.54, 1.807) is 10.9 Å². The van der Waals surface area contributed by atoms with Gasteiger partial charge in [0.1, 0.15) is 5.69 Å². The lowest BCUT2D eigenvalue weighted by atomic mass is 9.92. The average Bonchev–Trinajstić information content (AvgIpc) is 3.13. The number of hydrogen-bond donors (Lipinski definition) is 1. The fraction of sp³-hybridized carbons (Fsp3) is 0.600. The van der Waals surface area contributed by atoms with Crippen LogP contribution in [0.2, 0.25) is 0 Å². The zero-order valence-corrected chi connectivity index (χ0v) is 16.9. The van der Waals surface area contributed by atoms with Crippen molar-refractivity contribution in [1.82, 2.24) is 24.6 Å². The largest absolute Gasteiger partial charge is 0.337 e. The van der Waals surface area contributed by atoms with Gasteiger partial charge in [0.25, 0.3) is 11.5 Å². The minimum absolute atomic E-state index is 0.0230. The van der Waals surface area contributed by atoms with E-state index in [0.717, 1.165) is 24.2 Å². The number of likely N-dealkylation sites (tertiary alicyclic amines) is 1. The quantitative estimate of drug-likeness (QED) is 0.898. The third-order valence-electron chi connectivity index (χ3n) is 5.48. The molecule has 7 nitrogen and oxygen atoms in total. The Balaban J connectivity index is 1.60. The van der Waals surface area contributed by atoms with E-state index in [2.05, 4.69) is 36.0 Å². The molecule has 27 heavy (non-hydrogen) atoms. The number of rotatable bonds is 3. The summed E-state index contributed by atoms with van der Waals surface area (Å²) in [6.07, 6.45) is 3.39. The van der Waals surface area contributed by atoms with Crippen LogP contribution in [0.5, 0.6) is 0 Å². The van der Waals surface area contributed by atoms with Crippen LogP contribution < -0.4 is 5.56 Å². The van der Waals surface area contributed by atoms with Gasteiger partial charge in [0.2, 0.25) is 0 Å². The first kappa shape index (κ1) is 19.3. The van der Waals surface area contributed by atoms with Crippen LogP contribution in [0, 0.1) is 19.8 Å². The van der Waals surface area contributed by atoms with E-state index in [-0.39, 0.29) is 16.9 Å². The van der Waals surface area contributed by atoms with Gasteiger partial charge in [0.05, 0.1) is 6.33 Å². The van der Waals surface area contributed by atoms with E-state index in [1.165, 1.54) is 0 Å². The van der Waals surface area contributed by atoms with Gasteiger partial charge in [-0.3, -0.25) is 19.3 Å². The molecule has 0 atom stereocenters. The van der Waals surface area contributed by atoms with Crippen LogP contribution in [-0.2, 0) is 12.0 Å². The molecule has 1 amide bonds. The molecule has 0 radical (unpaired) electrons. The Labute approximate surface area is 159 Å². The van der Waals surface area contributed by atoms with Crippen LogP contribution in [0.3, 0.4) is 0 Å². The van der Waals surface area contributed by atoms with Gasteiger partial charge >= 0.3 is 0 Å². The maximum Gasteiger partial charge on any atom is 0.274 e. The minimum Gasteiger partial charge on any atom is -0.337 e. The fourth-order valence-electron chi connectivity index (χ4n) is 3.38. The minimum atomic E-state index is -0.0635. The summed E-state index contributed by atoms with van der Waals surface area (Å²) in [7, 11) is 0. The van der Waals surface area contributed by atoms with E-state index in [9.17, 15) is 9.59 Å². The molecule has 3 heterocycles. The van der Waals surface area contributed by atoms with Gasteiger partial charge in [-0.15, -0.1) is 0 Å². The Bertz CT molecular complexity index is 883. The first-order valence-electron chi connectivity index (χ1n) is 9.54. The van der Waals surface area contributed by atoms with Crippen molar-refractivity contribution in [1.29, 1.82) is 0 Å². The summed E-state index contributed by atoms with van der Waals surface area (Å²) in [6.45, 7) is 12.0. The molecule has 2 aromatic heterocycles. The van der Waals surface area contributed by atoms with Crippen LogP contribution in [0.15, 0.2) is 17.2 Å². The molecule has 0 unspecified atom stereocenters. The second-order valence-electron chi connectivity index (χ2n) is 8.56. The van der Waals surface area contributed by atoms with Crippen molar-refractivity contribution >= 4 is 5.91 Å². The van der Waals surface area contributed by atoms with E-state index in [1.807, 2.05) is 24.8 Å². The smallest absolute Gasteiger partial charge is 0.274 e. The fourth-order valence-corrected chi connectivity index (χ4v) is 3.38. The Morgan fingerprint density at radius 2 is 1.93 bits per heavy atom. The zero-order valence-electron chi connectivity index (χ0n) is 16.9. The molecule has 0 spiro atoms. The lowest BCUT2D eigenvalue weighted by Crippen LogP contribution is -2.40. The number of nitrogens with zero attached hydrogens (tertiary/aromatic N) is 4. The van der Waals surface area contributed by atoms with Crippen LogP contribution >= 0.6 is 0 Å². The number of piperidine rings is 1. The van der Waals surface area contributed by atoms with Crippen molar-refractivity contribution in [2.45, 2.75) is 59.4 Å². The third-order valence-corrected chi connectivity index (χ3v) is 5.48. The first-order chi connectivity index (χ1) is 12.7. The number of aromatic amines is 1. The monoisotopic (exact) mass is 371 g/mol. The molecule has 0 bridgehead atoms. The van der Waals surface area contributed by atoms with Gasteiger partial charge in [-0.1, -0.05) is 20.8 Å². The zero-order chi connectivity index (χ0) is 19.8. The molecule has 0 aliphatic carbocycles. The molecule has 0 aromatic carbocycles. The average molecular weight is 371 g/mol. The van der Waals surface area contributed by atoms with Crippen LogP contribution in [0.25, 0.3) is 0 Å². The number of hydrogen-bond acceptors (Lipinski definition) is 4. The summed E-state index contributed by atoms with van der Waals surface area (Å²) in [6, 6.07) is 1.86. The number of aryl methyl sites for hydroxylation is 1.